The zero-order valence-electron chi connectivity index (χ0n) is 3.97. The standard InChI is InChI=1S/K.H3O3P.H2O.H3P/c;1-4(2)3;;/h;4H,(H2,1,2,3);1H2;1H3/q+1;;;/p-1. The molecule has 42 valence electrons. The molecule has 0 aromatic carbocycles. The molecule has 0 aromatic rings. The van der Waals surface area contributed by atoms with E-state index in [1.165, 1.54) is 0 Å². The molecule has 0 bridgehead atoms. The van der Waals surface area contributed by atoms with Gasteiger partial charge >= 0.3 is 51.4 Å². The summed E-state index contributed by atoms with van der Waals surface area (Å²) < 4.78 is 8.63. The molecule has 7 heavy (non-hydrogen) atoms. The van der Waals surface area contributed by atoms with E-state index in [4.69, 9.17) is 14.4 Å². The van der Waals surface area contributed by atoms with E-state index in [2.05, 4.69) is 0 Å². The molecule has 0 aromatic heterocycles. The van der Waals surface area contributed by atoms with Crippen molar-refractivity contribution in [2.45, 2.75) is 0 Å². The molecule has 2 unspecified atom stereocenters. The minimum Gasteiger partial charge on any atom is -0.781 e. The summed E-state index contributed by atoms with van der Waals surface area (Å²) in [5.74, 6) is 0. The summed E-state index contributed by atoms with van der Waals surface area (Å²) in [5.41, 5.74) is 0. The van der Waals surface area contributed by atoms with Gasteiger partial charge in [-0.3, -0.25) is 0 Å². The van der Waals surface area contributed by atoms with Crippen molar-refractivity contribution in [3.8, 4) is 0 Å². The second kappa shape index (κ2) is 15.7. The van der Waals surface area contributed by atoms with Gasteiger partial charge in [0.1, 0.15) is 8.25 Å². The van der Waals surface area contributed by atoms with Crippen molar-refractivity contribution in [3.05, 3.63) is 0 Å². The molecule has 0 saturated heterocycles. The predicted octanol–water partition coefficient (Wildman–Crippen LogP) is -5.03. The summed E-state index contributed by atoms with van der Waals surface area (Å²) in [5, 5.41) is 0. The van der Waals surface area contributed by atoms with E-state index in [-0.39, 0.29) is 66.8 Å². The van der Waals surface area contributed by atoms with Crippen molar-refractivity contribution in [1.29, 1.82) is 0 Å². The van der Waals surface area contributed by atoms with Gasteiger partial charge in [-0.15, -0.1) is 0 Å². The van der Waals surface area contributed by atoms with E-state index in [9.17, 15) is 0 Å². The Kier molecular flexibility index (Phi) is 51.4. The van der Waals surface area contributed by atoms with Gasteiger partial charge in [0, 0.05) is 0 Å². The third-order valence-electron chi connectivity index (χ3n) is 0. The van der Waals surface area contributed by atoms with Crippen molar-refractivity contribution in [3.63, 3.8) is 0 Å². The molecular weight excluding hydrogens is 165 g/mol. The molecule has 0 saturated carbocycles. The average Bonchev–Trinajstić information content (AvgIpc) is 0.811. The Morgan fingerprint density at radius 1 is 1.57 bits per heavy atom. The molecule has 0 aliphatic rings. The van der Waals surface area contributed by atoms with Crippen LogP contribution in [-0.2, 0) is 4.57 Å². The maximum Gasteiger partial charge on any atom is 1.00 e. The van der Waals surface area contributed by atoms with Gasteiger partial charge in [0.2, 0.25) is 0 Å². The van der Waals surface area contributed by atoms with Crippen molar-refractivity contribution in [2.75, 3.05) is 0 Å². The fourth-order valence-electron chi connectivity index (χ4n) is 0. The first-order valence-corrected chi connectivity index (χ1v) is 1.90. The van der Waals surface area contributed by atoms with E-state index in [1.54, 1.807) is 0 Å². The summed E-state index contributed by atoms with van der Waals surface area (Å²) in [6.45, 7) is 0. The molecule has 0 heterocycles. The van der Waals surface area contributed by atoms with Gasteiger partial charge in [0.25, 0.3) is 0 Å². The first kappa shape index (κ1) is 22.9. The normalized spacial score (nSPS) is 8.86. The van der Waals surface area contributed by atoms with Gasteiger partial charge in [0.05, 0.1) is 0 Å². The molecule has 0 amide bonds. The molecule has 2 atom stereocenters. The molecule has 3 N–H and O–H groups in total. The van der Waals surface area contributed by atoms with Gasteiger partial charge in [-0.05, 0) is 0 Å². The van der Waals surface area contributed by atoms with E-state index < -0.39 is 8.25 Å². The SMILES string of the molecule is O.O=[PH]([O-])O.P.[K+]. The maximum absolute atomic E-state index is 8.63. The summed E-state index contributed by atoms with van der Waals surface area (Å²) in [6.07, 6.45) is 0. The Hall–Kier alpha value is 2.18. The van der Waals surface area contributed by atoms with Crippen LogP contribution < -0.4 is 56.3 Å². The number of rotatable bonds is 0. The topological polar surface area (TPSA) is 91.9 Å². The van der Waals surface area contributed by atoms with Crippen LogP contribution in [0.3, 0.4) is 0 Å². The predicted molar refractivity (Wildman–Crippen MR) is 25.9 cm³/mol. The summed E-state index contributed by atoms with van der Waals surface area (Å²) in [4.78, 5) is 15.7. The maximum atomic E-state index is 8.63. The van der Waals surface area contributed by atoms with E-state index in [0.29, 0.717) is 0 Å². The van der Waals surface area contributed by atoms with Crippen molar-refractivity contribution < 1.29 is 71.2 Å². The number of hydrogen-bond acceptors (Lipinski definition) is 2. The Bertz CT molecular complexity index is 32.7. The third-order valence-corrected chi connectivity index (χ3v) is 0. The van der Waals surface area contributed by atoms with Gasteiger partial charge < -0.3 is 19.8 Å². The van der Waals surface area contributed by atoms with E-state index in [0.717, 1.165) is 0 Å². The zero-order valence-corrected chi connectivity index (χ0v) is 9.51. The number of hydrogen-bond donors (Lipinski definition) is 1. The molecule has 0 aliphatic carbocycles. The molecule has 7 heteroatoms. The smallest absolute Gasteiger partial charge is 0.781 e. The molecule has 4 nitrogen and oxygen atoms in total. The first-order chi connectivity index (χ1) is 1.73. The molecule has 0 aliphatic heterocycles. The fourth-order valence-corrected chi connectivity index (χ4v) is 0. The van der Waals surface area contributed by atoms with Crippen LogP contribution in [-0.4, -0.2) is 10.4 Å². The third kappa shape index (κ3) is 65.9. The fraction of sp³-hybridized carbons (Fsp3) is 0. The van der Waals surface area contributed by atoms with Crippen LogP contribution in [0.4, 0.5) is 0 Å². The summed E-state index contributed by atoms with van der Waals surface area (Å²) >= 11 is 0. The molecular formula is H7KO4P2. The minimum absolute atomic E-state index is 0. The second-order valence-corrected chi connectivity index (χ2v) is 0.798. The Balaban J connectivity index is -0.0000000150. The van der Waals surface area contributed by atoms with Crippen LogP contribution in [0.2, 0.25) is 0 Å². The van der Waals surface area contributed by atoms with Crippen molar-refractivity contribution in [2.24, 2.45) is 0 Å². The quantitative estimate of drug-likeness (QED) is 0.293. The van der Waals surface area contributed by atoms with Crippen molar-refractivity contribution in [1.82, 2.24) is 0 Å². The summed E-state index contributed by atoms with van der Waals surface area (Å²) in [7, 11) is -3.38. The Morgan fingerprint density at radius 2 is 1.57 bits per heavy atom. The first-order valence-electron chi connectivity index (χ1n) is 0.632. The Morgan fingerprint density at radius 3 is 1.57 bits per heavy atom. The van der Waals surface area contributed by atoms with Crippen LogP contribution in [0.1, 0.15) is 0 Å². The summed E-state index contributed by atoms with van der Waals surface area (Å²) in [6, 6.07) is 0. The van der Waals surface area contributed by atoms with Gasteiger partial charge in [-0.25, -0.2) is 0 Å². The molecule has 0 fully saturated rings. The molecule has 0 radical (unpaired) electrons. The zero-order chi connectivity index (χ0) is 3.58. The largest absolute Gasteiger partial charge is 1.00 e. The Labute approximate surface area is 88.0 Å². The average molecular weight is 172 g/mol. The van der Waals surface area contributed by atoms with Crippen LogP contribution in [0, 0.1) is 0 Å². The van der Waals surface area contributed by atoms with E-state index >= 15 is 0 Å². The molecule has 0 rings (SSSR count). The van der Waals surface area contributed by atoms with Gasteiger partial charge in [0.15, 0.2) is 0 Å². The minimum atomic E-state index is -3.38. The second-order valence-electron chi connectivity index (χ2n) is 0.266. The van der Waals surface area contributed by atoms with Crippen LogP contribution in [0.5, 0.6) is 0 Å². The van der Waals surface area contributed by atoms with E-state index in [1.807, 2.05) is 0 Å². The van der Waals surface area contributed by atoms with Crippen LogP contribution in [0.25, 0.3) is 0 Å². The van der Waals surface area contributed by atoms with Crippen LogP contribution >= 0.6 is 18.2 Å². The van der Waals surface area contributed by atoms with Crippen LogP contribution in [0.15, 0.2) is 0 Å². The van der Waals surface area contributed by atoms with Gasteiger partial charge in [-0.1, -0.05) is 0 Å². The van der Waals surface area contributed by atoms with Crippen molar-refractivity contribution >= 4 is 18.2 Å². The molecule has 0 spiro atoms. The van der Waals surface area contributed by atoms with Gasteiger partial charge in [-0.2, -0.15) is 9.90 Å². The monoisotopic (exact) mass is 172 g/mol.